The first kappa shape index (κ1) is 20.9. The van der Waals surface area contributed by atoms with Gasteiger partial charge in [0.15, 0.2) is 5.69 Å². The van der Waals surface area contributed by atoms with E-state index >= 15 is 0 Å². The number of carbonyl (C=O) groups excluding carboxylic acids is 1. The lowest BCUT2D eigenvalue weighted by Crippen LogP contribution is -2.42. The monoisotopic (exact) mass is 438 g/mol. The zero-order valence-corrected chi connectivity index (χ0v) is 16.9. The fourth-order valence-corrected chi connectivity index (χ4v) is 3.05. The number of nitrogens with zero attached hydrogens (tertiary/aromatic N) is 2. The SMILES string of the molecule is CCCCn1c(N)c(N(CCOC)C(=O)c2cccc(Br)c2)c(=O)[nH]c1=O. The van der Waals surface area contributed by atoms with Crippen LogP contribution in [0.4, 0.5) is 11.5 Å². The summed E-state index contributed by atoms with van der Waals surface area (Å²) in [6, 6.07) is 6.81. The Bertz CT molecular complexity index is 922. The molecule has 0 atom stereocenters. The summed E-state index contributed by atoms with van der Waals surface area (Å²) in [4.78, 5) is 41.2. The fraction of sp³-hybridized carbons (Fsp3) is 0.389. The number of hydrogen-bond acceptors (Lipinski definition) is 5. The Balaban J connectivity index is 2.58. The number of anilines is 2. The van der Waals surface area contributed by atoms with E-state index in [1.54, 1.807) is 24.3 Å². The number of amides is 1. The molecule has 0 saturated heterocycles. The molecule has 0 aliphatic carbocycles. The number of ether oxygens (including phenoxy) is 1. The van der Waals surface area contributed by atoms with Gasteiger partial charge in [-0.25, -0.2) is 4.79 Å². The molecule has 1 aromatic carbocycles. The summed E-state index contributed by atoms with van der Waals surface area (Å²) in [6.07, 6.45) is 1.57. The van der Waals surface area contributed by atoms with Crippen molar-refractivity contribution in [2.24, 2.45) is 0 Å². The normalized spacial score (nSPS) is 10.8. The van der Waals surface area contributed by atoms with Crippen LogP contribution < -0.4 is 21.9 Å². The lowest BCUT2D eigenvalue weighted by Gasteiger charge is -2.24. The molecule has 8 nitrogen and oxygen atoms in total. The van der Waals surface area contributed by atoms with Crippen molar-refractivity contribution in [3.8, 4) is 0 Å². The number of carbonyl (C=O) groups is 1. The molecule has 0 aliphatic rings. The van der Waals surface area contributed by atoms with Gasteiger partial charge in [-0.3, -0.25) is 24.0 Å². The highest BCUT2D eigenvalue weighted by atomic mass is 79.9. The number of nitrogens with one attached hydrogen (secondary N) is 1. The topological polar surface area (TPSA) is 110 Å². The van der Waals surface area contributed by atoms with E-state index in [0.717, 1.165) is 10.9 Å². The van der Waals surface area contributed by atoms with Crippen molar-refractivity contribution in [1.29, 1.82) is 0 Å². The van der Waals surface area contributed by atoms with Gasteiger partial charge < -0.3 is 10.5 Å². The molecule has 1 heterocycles. The highest BCUT2D eigenvalue weighted by Gasteiger charge is 2.25. The van der Waals surface area contributed by atoms with Crippen molar-refractivity contribution in [1.82, 2.24) is 9.55 Å². The Morgan fingerprint density at radius 3 is 2.74 bits per heavy atom. The number of aromatic nitrogens is 2. The van der Waals surface area contributed by atoms with Crippen LogP contribution in [0.5, 0.6) is 0 Å². The Kier molecular flexibility index (Phi) is 7.37. The van der Waals surface area contributed by atoms with Crippen LogP contribution in [0.25, 0.3) is 0 Å². The zero-order valence-electron chi connectivity index (χ0n) is 15.3. The molecule has 9 heteroatoms. The largest absolute Gasteiger partial charge is 0.383 e. The number of H-pyrrole nitrogens is 1. The van der Waals surface area contributed by atoms with Crippen molar-refractivity contribution in [2.75, 3.05) is 30.9 Å². The second-order valence-electron chi connectivity index (χ2n) is 5.96. The van der Waals surface area contributed by atoms with Gasteiger partial charge in [-0.1, -0.05) is 35.3 Å². The van der Waals surface area contributed by atoms with Crippen LogP contribution in [0.3, 0.4) is 0 Å². The Morgan fingerprint density at radius 1 is 1.37 bits per heavy atom. The molecule has 27 heavy (non-hydrogen) atoms. The summed E-state index contributed by atoms with van der Waals surface area (Å²) in [5, 5.41) is 0. The minimum atomic E-state index is -0.704. The molecule has 0 fully saturated rings. The molecule has 146 valence electrons. The van der Waals surface area contributed by atoms with E-state index in [0.29, 0.717) is 18.5 Å². The van der Waals surface area contributed by atoms with Crippen LogP contribution in [0, 0.1) is 0 Å². The lowest BCUT2D eigenvalue weighted by atomic mass is 10.2. The first-order chi connectivity index (χ1) is 12.9. The molecule has 0 spiro atoms. The highest BCUT2D eigenvalue weighted by Crippen LogP contribution is 2.21. The van der Waals surface area contributed by atoms with Crippen molar-refractivity contribution in [3.05, 3.63) is 55.1 Å². The standard InChI is InChI=1S/C18H23BrN4O4/c1-3-4-8-23-15(20)14(16(24)21-18(23)26)22(9-10-27-2)17(25)12-6-5-7-13(19)11-12/h5-7,11H,3-4,8-10,20H2,1-2H3,(H,21,24,26). The molecule has 3 N–H and O–H groups in total. The minimum Gasteiger partial charge on any atom is -0.383 e. The third-order valence-electron chi connectivity index (χ3n) is 4.06. The summed E-state index contributed by atoms with van der Waals surface area (Å²) in [5.41, 5.74) is 5.18. The van der Waals surface area contributed by atoms with Gasteiger partial charge in [0, 0.05) is 30.2 Å². The molecule has 0 aliphatic heterocycles. The van der Waals surface area contributed by atoms with Gasteiger partial charge in [0.05, 0.1) is 6.61 Å². The third kappa shape index (κ3) is 4.86. The van der Waals surface area contributed by atoms with Crippen molar-refractivity contribution in [2.45, 2.75) is 26.3 Å². The minimum absolute atomic E-state index is 0.0309. The second kappa shape index (κ2) is 9.52. The first-order valence-corrected chi connectivity index (χ1v) is 9.39. The molecule has 0 unspecified atom stereocenters. The number of nitrogen functional groups attached to an aromatic ring is 1. The van der Waals surface area contributed by atoms with Gasteiger partial charge >= 0.3 is 5.69 Å². The van der Waals surface area contributed by atoms with Crippen molar-refractivity contribution >= 4 is 33.3 Å². The van der Waals surface area contributed by atoms with Gasteiger partial charge in [-0.15, -0.1) is 0 Å². The van der Waals surface area contributed by atoms with E-state index in [1.807, 2.05) is 6.92 Å². The molecule has 1 amide bonds. The molecule has 1 aromatic heterocycles. The molecule has 2 rings (SSSR count). The quantitative estimate of drug-likeness (QED) is 0.654. The Morgan fingerprint density at radius 2 is 2.11 bits per heavy atom. The zero-order chi connectivity index (χ0) is 20.0. The van der Waals surface area contributed by atoms with Gasteiger partial charge in [-0.2, -0.15) is 0 Å². The molecule has 0 radical (unpaired) electrons. The molecular formula is C18H23BrN4O4. The van der Waals surface area contributed by atoms with E-state index in [1.165, 1.54) is 16.6 Å². The molecule has 0 bridgehead atoms. The van der Waals surface area contributed by atoms with E-state index in [-0.39, 0.29) is 24.7 Å². The predicted octanol–water partition coefficient (Wildman–Crippen LogP) is 1.97. The smallest absolute Gasteiger partial charge is 0.330 e. The van der Waals surface area contributed by atoms with Crippen molar-refractivity contribution in [3.63, 3.8) is 0 Å². The van der Waals surface area contributed by atoms with E-state index in [4.69, 9.17) is 10.5 Å². The molecule has 2 aromatic rings. The second-order valence-corrected chi connectivity index (χ2v) is 6.87. The van der Waals surface area contributed by atoms with Gasteiger partial charge in [0.1, 0.15) is 5.82 Å². The average Bonchev–Trinajstić information content (AvgIpc) is 2.63. The summed E-state index contributed by atoms with van der Waals surface area (Å²) >= 11 is 3.33. The van der Waals surface area contributed by atoms with E-state index in [2.05, 4.69) is 20.9 Å². The van der Waals surface area contributed by atoms with Crippen molar-refractivity contribution < 1.29 is 9.53 Å². The first-order valence-electron chi connectivity index (χ1n) is 8.59. The van der Waals surface area contributed by atoms with Gasteiger partial charge in [0.25, 0.3) is 11.5 Å². The number of unbranched alkanes of at least 4 members (excludes halogenated alkanes) is 1. The summed E-state index contributed by atoms with van der Waals surface area (Å²) in [7, 11) is 1.50. The van der Waals surface area contributed by atoms with E-state index in [9.17, 15) is 14.4 Å². The highest BCUT2D eigenvalue weighted by molar-refractivity contribution is 9.10. The van der Waals surface area contributed by atoms with Crippen LogP contribution in [-0.2, 0) is 11.3 Å². The fourth-order valence-electron chi connectivity index (χ4n) is 2.65. The van der Waals surface area contributed by atoms with Gasteiger partial charge in [-0.05, 0) is 24.6 Å². The average molecular weight is 439 g/mol. The van der Waals surface area contributed by atoms with Crippen LogP contribution in [0.2, 0.25) is 0 Å². The predicted molar refractivity (Wildman–Crippen MR) is 108 cm³/mol. The Labute approximate surface area is 165 Å². The summed E-state index contributed by atoms with van der Waals surface area (Å²) < 4.78 is 7.09. The lowest BCUT2D eigenvalue weighted by molar-refractivity contribution is 0.0975. The summed E-state index contributed by atoms with van der Waals surface area (Å²) in [6.45, 7) is 2.65. The maximum absolute atomic E-state index is 13.1. The van der Waals surface area contributed by atoms with Gasteiger partial charge in [0.2, 0.25) is 0 Å². The molecular weight excluding hydrogens is 416 g/mol. The Hall–Kier alpha value is -2.39. The number of halogens is 1. The molecule has 0 saturated carbocycles. The summed E-state index contributed by atoms with van der Waals surface area (Å²) in [5.74, 6) is -0.442. The number of aromatic amines is 1. The maximum atomic E-state index is 13.1. The number of rotatable bonds is 8. The number of hydrogen-bond donors (Lipinski definition) is 2. The van der Waals surface area contributed by atoms with E-state index < -0.39 is 17.2 Å². The third-order valence-corrected chi connectivity index (χ3v) is 4.55. The number of benzene rings is 1. The number of nitrogens with two attached hydrogens (primary N) is 1. The number of methoxy groups -OCH3 is 1. The maximum Gasteiger partial charge on any atom is 0.330 e. The van der Waals surface area contributed by atoms with Crippen LogP contribution >= 0.6 is 15.9 Å². The van der Waals surface area contributed by atoms with Crippen LogP contribution in [0.15, 0.2) is 38.3 Å². The van der Waals surface area contributed by atoms with Crippen LogP contribution in [-0.4, -0.2) is 35.7 Å². The van der Waals surface area contributed by atoms with Crippen LogP contribution in [0.1, 0.15) is 30.1 Å².